The first-order valence-electron chi connectivity index (χ1n) is 13.4. The van der Waals surface area contributed by atoms with Crippen molar-refractivity contribution in [2.24, 2.45) is 0 Å². The largest absolute Gasteiger partial charge is 0.486 e. The van der Waals surface area contributed by atoms with Crippen LogP contribution in [0.3, 0.4) is 0 Å². The molecule has 2 saturated heterocycles. The summed E-state index contributed by atoms with van der Waals surface area (Å²) in [6.07, 6.45) is 5.16. The van der Waals surface area contributed by atoms with Crippen LogP contribution in [0.25, 0.3) is 11.1 Å². The number of nitrogens with zero attached hydrogens (tertiary/aromatic N) is 4. The van der Waals surface area contributed by atoms with Crippen molar-refractivity contribution in [3.05, 3.63) is 64.7 Å². The lowest BCUT2D eigenvalue weighted by Crippen LogP contribution is -2.40. The van der Waals surface area contributed by atoms with Crippen LogP contribution in [-0.4, -0.2) is 59.8 Å². The van der Waals surface area contributed by atoms with Crippen LogP contribution in [0.4, 0.5) is 17.2 Å². The minimum atomic E-state index is -0.144. The molecule has 0 aliphatic carbocycles. The summed E-state index contributed by atoms with van der Waals surface area (Å²) in [5, 5.41) is 3.45. The average molecular weight is 526 g/mol. The van der Waals surface area contributed by atoms with Gasteiger partial charge in [0.05, 0.1) is 24.5 Å². The van der Waals surface area contributed by atoms with Gasteiger partial charge in [-0.3, -0.25) is 9.59 Å². The van der Waals surface area contributed by atoms with Crippen molar-refractivity contribution >= 4 is 23.1 Å². The van der Waals surface area contributed by atoms with E-state index in [-0.39, 0.29) is 17.5 Å². The number of piperidine rings is 1. The molecule has 0 bridgehead atoms. The number of hydrogen-bond donors (Lipinski definition) is 1. The summed E-state index contributed by atoms with van der Waals surface area (Å²) in [4.78, 5) is 33.8. The van der Waals surface area contributed by atoms with Gasteiger partial charge in [0.25, 0.3) is 11.5 Å². The van der Waals surface area contributed by atoms with Crippen molar-refractivity contribution in [3.63, 3.8) is 0 Å². The minimum absolute atomic E-state index is 0.0497. The molecule has 39 heavy (non-hydrogen) atoms. The zero-order valence-corrected chi connectivity index (χ0v) is 22.0. The van der Waals surface area contributed by atoms with Gasteiger partial charge in [0.15, 0.2) is 0 Å². The maximum atomic E-state index is 13.1. The third kappa shape index (κ3) is 5.08. The number of amides is 1. The van der Waals surface area contributed by atoms with E-state index in [1.807, 2.05) is 42.7 Å². The molecule has 3 aromatic rings. The quantitative estimate of drug-likeness (QED) is 0.523. The highest BCUT2D eigenvalue weighted by atomic mass is 16.5. The molecule has 9 nitrogen and oxygen atoms in total. The lowest BCUT2D eigenvalue weighted by atomic mass is 10.0. The fourth-order valence-corrected chi connectivity index (χ4v) is 5.54. The second-order valence-electron chi connectivity index (χ2n) is 9.94. The van der Waals surface area contributed by atoms with Crippen LogP contribution >= 0.6 is 0 Å². The molecule has 0 spiro atoms. The van der Waals surface area contributed by atoms with E-state index >= 15 is 0 Å². The summed E-state index contributed by atoms with van der Waals surface area (Å²) in [5.41, 5.74) is 4.67. The fourth-order valence-electron chi connectivity index (χ4n) is 5.54. The van der Waals surface area contributed by atoms with Crippen molar-refractivity contribution in [2.45, 2.75) is 32.4 Å². The topological polar surface area (TPSA) is 88.9 Å². The van der Waals surface area contributed by atoms with E-state index in [0.29, 0.717) is 32.9 Å². The first-order valence-corrected chi connectivity index (χ1v) is 13.4. The highest BCUT2D eigenvalue weighted by Gasteiger charge is 2.25. The van der Waals surface area contributed by atoms with E-state index < -0.39 is 0 Å². The van der Waals surface area contributed by atoms with Gasteiger partial charge >= 0.3 is 0 Å². The van der Waals surface area contributed by atoms with Crippen molar-refractivity contribution in [2.75, 3.05) is 49.6 Å². The predicted octanol–water partition coefficient (Wildman–Crippen LogP) is 3.57. The van der Waals surface area contributed by atoms with Crippen LogP contribution in [-0.2, 0) is 16.1 Å². The van der Waals surface area contributed by atoms with E-state index in [0.717, 1.165) is 65.6 Å². The van der Waals surface area contributed by atoms with Gasteiger partial charge in [-0.25, -0.2) is 4.98 Å². The third-order valence-electron chi connectivity index (χ3n) is 7.65. The standard InChI is InChI=1S/C30H31N5O4/c1-2-3-28(36)34-11-8-23(9-12-34)35-13-7-22(19-29(35)37)21-4-5-25-27(18-21)39-20-24-26(6-10-31-30(24)32-25)33-14-16-38-17-15-33/h4-7,10,13,18-19,23H,8-9,11-12,14-17,20H2,1H3,(H,31,32). The Morgan fingerprint density at radius 2 is 1.85 bits per heavy atom. The molecule has 6 rings (SSSR count). The highest BCUT2D eigenvalue weighted by molar-refractivity contribution is 5.93. The van der Waals surface area contributed by atoms with Gasteiger partial charge in [-0.2, -0.15) is 0 Å². The molecule has 0 unspecified atom stereocenters. The number of carbonyl (C=O) groups excluding carboxylic acids is 1. The van der Waals surface area contributed by atoms with Crippen LogP contribution in [0, 0.1) is 11.8 Å². The van der Waals surface area contributed by atoms with E-state index in [1.165, 1.54) is 0 Å². The molecule has 9 heteroatoms. The molecule has 3 aliphatic rings. The van der Waals surface area contributed by atoms with Crippen LogP contribution < -0.4 is 20.5 Å². The number of nitrogens with one attached hydrogen (secondary N) is 1. The minimum Gasteiger partial charge on any atom is -0.486 e. The number of anilines is 3. The monoisotopic (exact) mass is 525 g/mol. The SMILES string of the molecule is CC#CC(=O)N1CCC(n2ccc(-c3ccc4c(c3)OCc3c(N5CCOCC5)ccnc3N4)cc2=O)CC1. The number of morpholine rings is 1. The second kappa shape index (κ2) is 10.8. The Morgan fingerprint density at radius 3 is 2.62 bits per heavy atom. The highest BCUT2D eigenvalue weighted by Crippen LogP contribution is 2.39. The maximum Gasteiger partial charge on any atom is 0.298 e. The summed E-state index contributed by atoms with van der Waals surface area (Å²) in [6, 6.07) is 11.7. The number of hydrogen-bond acceptors (Lipinski definition) is 7. The molecule has 200 valence electrons. The van der Waals surface area contributed by atoms with Gasteiger partial charge in [0, 0.05) is 56.4 Å². The van der Waals surface area contributed by atoms with Crippen LogP contribution in [0.5, 0.6) is 5.75 Å². The maximum absolute atomic E-state index is 13.1. The Labute approximate surface area is 227 Å². The number of ether oxygens (including phenoxy) is 2. The van der Waals surface area contributed by atoms with Crippen molar-refractivity contribution in [3.8, 4) is 28.7 Å². The van der Waals surface area contributed by atoms with Crippen LogP contribution in [0.15, 0.2) is 53.6 Å². The third-order valence-corrected chi connectivity index (χ3v) is 7.65. The van der Waals surface area contributed by atoms with Crippen molar-refractivity contribution in [1.82, 2.24) is 14.5 Å². The van der Waals surface area contributed by atoms with Gasteiger partial charge in [-0.1, -0.05) is 12.0 Å². The molecular formula is C30H31N5O4. The molecule has 1 N–H and O–H groups in total. The Kier molecular flexibility index (Phi) is 6.95. The molecule has 2 aromatic heterocycles. The fraction of sp³-hybridized carbons (Fsp3) is 0.367. The summed E-state index contributed by atoms with van der Waals surface area (Å²) in [6.45, 7) is 6.36. The Hall–Kier alpha value is -4.29. The number of aromatic nitrogens is 2. The summed E-state index contributed by atoms with van der Waals surface area (Å²) < 4.78 is 13.6. The zero-order valence-electron chi connectivity index (χ0n) is 22.0. The number of rotatable bonds is 3. The Balaban J connectivity index is 1.19. The molecular weight excluding hydrogens is 494 g/mol. The number of fused-ring (bicyclic) bond motifs is 2. The average Bonchev–Trinajstić information content (AvgIpc) is 3.17. The number of benzene rings is 1. The normalized spacial score (nSPS) is 17.1. The van der Waals surface area contributed by atoms with Gasteiger partial charge in [-0.05, 0) is 61.1 Å². The van der Waals surface area contributed by atoms with Gasteiger partial charge < -0.3 is 29.2 Å². The van der Waals surface area contributed by atoms with Gasteiger partial charge in [-0.15, -0.1) is 0 Å². The first kappa shape index (κ1) is 25.0. The van der Waals surface area contributed by atoms with E-state index in [4.69, 9.17) is 9.47 Å². The predicted molar refractivity (Wildman–Crippen MR) is 149 cm³/mol. The van der Waals surface area contributed by atoms with Gasteiger partial charge in [0.1, 0.15) is 18.2 Å². The molecule has 0 saturated carbocycles. The zero-order chi connectivity index (χ0) is 26.8. The number of likely N-dealkylation sites (tertiary alicyclic amines) is 1. The first-order chi connectivity index (χ1) is 19.1. The van der Waals surface area contributed by atoms with E-state index in [2.05, 4.69) is 27.0 Å². The van der Waals surface area contributed by atoms with Crippen LogP contribution in [0.2, 0.25) is 0 Å². The Bertz CT molecular complexity index is 1510. The lowest BCUT2D eigenvalue weighted by Gasteiger charge is -2.31. The molecule has 1 amide bonds. The van der Waals surface area contributed by atoms with E-state index in [9.17, 15) is 9.59 Å². The van der Waals surface area contributed by atoms with Crippen molar-refractivity contribution in [1.29, 1.82) is 0 Å². The molecule has 0 radical (unpaired) electrons. The second-order valence-corrected chi connectivity index (χ2v) is 9.94. The molecule has 5 heterocycles. The Morgan fingerprint density at radius 1 is 1.05 bits per heavy atom. The number of carbonyl (C=O) groups is 1. The molecule has 3 aliphatic heterocycles. The summed E-state index contributed by atoms with van der Waals surface area (Å²) in [7, 11) is 0. The van der Waals surface area contributed by atoms with Crippen molar-refractivity contribution < 1.29 is 14.3 Å². The number of pyridine rings is 2. The van der Waals surface area contributed by atoms with Gasteiger partial charge in [0.2, 0.25) is 0 Å². The molecule has 0 atom stereocenters. The smallest absolute Gasteiger partial charge is 0.298 e. The van der Waals surface area contributed by atoms with Crippen LogP contribution in [0.1, 0.15) is 31.4 Å². The lowest BCUT2D eigenvalue weighted by molar-refractivity contribution is -0.126. The van der Waals surface area contributed by atoms with E-state index in [1.54, 1.807) is 22.5 Å². The molecule has 2 fully saturated rings. The summed E-state index contributed by atoms with van der Waals surface area (Å²) in [5.74, 6) is 6.63. The molecule has 1 aromatic carbocycles. The summed E-state index contributed by atoms with van der Waals surface area (Å²) >= 11 is 0.